The van der Waals surface area contributed by atoms with Crippen molar-refractivity contribution in [2.24, 2.45) is 0 Å². The molecule has 2 atom stereocenters. The monoisotopic (exact) mass is 293 g/mol. The number of hydrogen-bond donors (Lipinski definition) is 1. The highest BCUT2D eigenvalue weighted by Crippen LogP contribution is 2.37. The predicted molar refractivity (Wildman–Crippen MR) is 82.3 cm³/mol. The van der Waals surface area contributed by atoms with Crippen molar-refractivity contribution in [3.8, 4) is 0 Å². The van der Waals surface area contributed by atoms with Crippen molar-refractivity contribution in [2.75, 3.05) is 26.2 Å². The Labute approximate surface area is 125 Å². The number of aliphatic hydroxyl groups is 1. The molecule has 1 fully saturated rings. The predicted octanol–water partition coefficient (Wildman–Crippen LogP) is 2.18. The first kappa shape index (κ1) is 14.4. The van der Waals surface area contributed by atoms with Crippen LogP contribution in [0.1, 0.15) is 19.4 Å². The number of benzene rings is 1. The second-order valence-corrected chi connectivity index (χ2v) is 7.77. The topological polar surface area (TPSA) is 32.7 Å². The lowest BCUT2D eigenvalue weighted by molar-refractivity contribution is -0.148. The third kappa shape index (κ3) is 3.19. The summed E-state index contributed by atoms with van der Waals surface area (Å²) in [5, 5.41) is 10.0. The Kier molecular flexibility index (Phi) is 4.09. The van der Waals surface area contributed by atoms with Gasteiger partial charge in [0.1, 0.15) is 0 Å². The molecule has 1 saturated heterocycles. The fourth-order valence-electron chi connectivity index (χ4n) is 3.29. The molecule has 2 heterocycles. The van der Waals surface area contributed by atoms with Crippen molar-refractivity contribution in [1.82, 2.24) is 4.90 Å². The third-order valence-electron chi connectivity index (χ3n) is 3.93. The largest absolute Gasteiger partial charge is 0.394 e. The van der Waals surface area contributed by atoms with Crippen molar-refractivity contribution in [3.63, 3.8) is 0 Å². The molecule has 0 amide bonds. The molecule has 0 spiro atoms. The van der Waals surface area contributed by atoms with Crippen LogP contribution in [0.15, 0.2) is 29.2 Å². The number of rotatable bonds is 3. The number of nitrogens with zero attached hydrogens (tertiary/aromatic N) is 1. The Bertz CT molecular complexity index is 452. The van der Waals surface area contributed by atoms with Gasteiger partial charge in [-0.25, -0.2) is 0 Å². The van der Waals surface area contributed by atoms with Crippen molar-refractivity contribution in [1.29, 1.82) is 0 Å². The number of ether oxygens (including phenoxy) is 1. The van der Waals surface area contributed by atoms with Gasteiger partial charge in [-0.2, -0.15) is 0 Å². The van der Waals surface area contributed by atoms with Gasteiger partial charge in [-0.15, -0.1) is 11.8 Å². The summed E-state index contributed by atoms with van der Waals surface area (Å²) in [4.78, 5) is 3.89. The van der Waals surface area contributed by atoms with E-state index in [1.54, 1.807) is 0 Å². The molecule has 4 heteroatoms. The maximum atomic E-state index is 9.39. The molecule has 3 nitrogen and oxygen atoms in total. The first-order valence-corrected chi connectivity index (χ1v) is 8.19. The first-order chi connectivity index (χ1) is 9.55. The highest BCUT2D eigenvalue weighted by Gasteiger charge is 2.34. The van der Waals surface area contributed by atoms with Gasteiger partial charge in [-0.1, -0.05) is 18.2 Å². The number of thioether (sulfide) groups is 1. The van der Waals surface area contributed by atoms with Gasteiger partial charge >= 0.3 is 0 Å². The normalized spacial score (nSPS) is 29.4. The van der Waals surface area contributed by atoms with E-state index in [0.717, 1.165) is 26.1 Å². The van der Waals surface area contributed by atoms with Crippen LogP contribution in [-0.4, -0.2) is 53.2 Å². The van der Waals surface area contributed by atoms with E-state index in [0.29, 0.717) is 5.25 Å². The standard InChI is InChI=1S/C16H23NO2S/c1-16(2)11-17(8-13(10-18)19-16)9-14-7-12-5-3-4-6-15(12)20-14/h3-6,13-14,18H,7-11H2,1-2H3. The van der Waals surface area contributed by atoms with Crippen LogP contribution in [-0.2, 0) is 11.2 Å². The van der Waals surface area contributed by atoms with Gasteiger partial charge in [-0.3, -0.25) is 4.90 Å². The third-order valence-corrected chi connectivity index (χ3v) is 5.23. The van der Waals surface area contributed by atoms with Crippen molar-refractivity contribution in [2.45, 2.75) is 42.1 Å². The summed E-state index contributed by atoms with van der Waals surface area (Å²) in [7, 11) is 0. The number of hydrogen-bond acceptors (Lipinski definition) is 4. The zero-order valence-electron chi connectivity index (χ0n) is 12.2. The maximum Gasteiger partial charge on any atom is 0.0940 e. The highest BCUT2D eigenvalue weighted by atomic mass is 32.2. The lowest BCUT2D eigenvalue weighted by atomic mass is 10.0. The molecular weight excluding hydrogens is 270 g/mol. The summed E-state index contributed by atoms with van der Waals surface area (Å²) in [6.45, 7) is 7.18. The summed E-state index contributed by atoms with van der Waals surface area (Å²) in [5.41, 5.74) is 1.32. The molecule has 1 aromatic rings. The Morgan fingerprint density at radius 3 is 2.95 bits per heavy atom. The van der Waals surface area contributed by atoms with E-state index in [9.17, 15) is 5.11 Å². The molecule has 0 saturated carbocycles. The average molecular weight is 293 g/mol. The Morgan fingerprint density at radius 1 is 1.40 bits per heavy atom. The van der Waals surface area contributed by atoms with Crippen molar-refractivity contribution < 1.29 is 9.84 Å². The average Bonchev–Trinajstić information content (AvgIpc) is 2.78. The molecule has 0 aromatic heterocycles. The van der Waals surface area contributed by atoms with Crippen LogP contribution in [0.25, 0.3) is 0 Å². The summed E-state index contributed by atoms with van der Waals surface area (Å²) < 4.78 is 5.88. The molecule has 0 bridgehead atoms. The first-order valence-electron chi connectivity index (χ1n) is 7.31. The zero-order valence-corrected chi connectivity index (χ0v) is 13.0. The van der Waals surface area contributed by atoms with Crippen LogP contribution in [0.4, 0.5) is 0 Å². The molecule has 3 rings (SSSR count). The molecular formula is C16H23NO2S. The lowest BCUT2D eigenvalue weighted by Gasteiger charge is -2.43. The van der Waals surface area contributed by atoms with Crippen molar-refractivity contribution >= 4 is 11.8 Å². The fourth-order valence-corrected chi connectivity index (χ4v) is 4.66. The Hall–Kier alpha value is -0.550. The zero-order chi connectivity index (χ0) is 14.2. The lowest BCUT2D eigenvalue weighted by Crippen LogP contribution is -2.55. The molecule has 110 valence electrons. The fraction of sp³-hybridized carbons (Fsp3) is 0.625. The maximum absolute atomic E-state index is 9.39. The minimum Gasteiger partial charge on any atom is -0.394 e. The molecule has 1 aromatic carbocycles. The summed E-state index contributed by atoms with van der Waals surface area (Å²) >= 11 is 1.99. The van der Waals surface area contributed by atoms with Gasteiger partial charge < -0.3 is 9.84 Å². The molecule has 20 heavy (non-hydrogen) atoms. The number of morpholine rings is 1. The number of aliphatic hydroxyl groups excluding tert-OH is 1. The van der Waals surface area contributed by atoms with Gasteiger partial charge in [-0.05, 0) is 31.9 Å². The molecule has 2 unspecified atom stereocenters. The van der Waals surface area contributed by atoms with Crippen LogP contribution in [0.3, 0.4) is 0 Å². The molecule has 1 N–H and O–H groups in total. The van der Waals surface area contributed by atoms with E-state index in [-0.39, 0.29) is 18.3 Å². The minimum atomic E-state index is -0.165. The van der Waals surface area contributed by atoms with Gasteiger partial charge in [0.2, 0.25) is 0 Å². The molecule has 0 radical (unpaired) electrons. The van der Waals surface area contributed by atoms with Gasteiger partial charge in [0.25, 0.3) is 0 Å². The second kappa shape index (κ2) is 5.68. The van der Waals surface area contributed by atoms with Crippen LogP contribution in [0.5, 0.6) is 0 Å². The van der Waals surface area contributed by atoms with E-state index < -0.39 is 0 Å². The van der Waals surface area contributed by atoms with Gasteiger partial charge in [0, 0.05) is 29.8 Å². The smallest absolute Gasteiger partial charge is 0.0940 e. The van der Waals surface area contributed by atoms with Gasteiger partial charge in [0.05, 0.1) is 18.3 Å². The molecule has 2 aliphatic rings. The Balaban J connectivity index is 1.61. The van der Waals surface area contributed by atoms with Crippen LogP contribution in [0.2, 0.25) is 0 Å². The van der Waals surface area contributed by atoms with E-state index in [1.165, 1.54) is 10.5 Å². The number of fused-ring (bicyclic) bond motifs is 1. The van der Waals surface area contributed by atoms with Gasteiger partial charge in [0.15, 0.2) is 0 Å². The quantitative estimate of drug-likeness (QED) is 0.926. The SMILES string of the molecule is CC1(C)CN(CC2Cc3ccccc3S2)CC(CO)O1. The van der Waals surface area contributed by atoms with E-state index in [1.807, 2.05) is 11.8 Å². The Morgan fingerprint density at radius 2 is 2.20 bits per heavy atom. The summed E-state index contributed by atoms with van der Waals surface area (Å²) in [6, 6.07) is 8.71. The second-order valence-electron chi connectivity index (χ2n) is 6.43. The summed E-state index contributed by atoms with van der Waals surface area (Å²) in [5.74, 6) is 0. The molecule has 0 aliphatic carbocycles. The van der Waals surface area contributed by atoms with E-state index in [2.05, 4.69) is 43.0 Å². The minimum absolute atomic E-state index is 0.0486. The van der Waals surface area contributed by atoms with E-state index in [4.69, 9.17) is 4.74 Å². The van der Waals surface area contributed by atoms with E-state index >= 15 is 0 Å². The summed E-state index contributed by atoms with van der Waals surface area (Å²) in [6.07, 6.45) is 1.11. The molecule has 2 aliphatic heterocycles. The van der Waals surface area contributed by atoms with Crippen LogP contribution >= 0.6 is 11.8 Å². The highest BCUT2D eigenvalue weighted by molar-refractivity contribution is 8.00. The van der Waals surface area contributed by atoms with Crippen LogP contribution in [0, 0.1) is 0 Å². The van der Waals surface area contributed by atoms with Crippen LogP contribution < -0.4 is 0 Å². The van der Waals surface area contributed by atoms with Crippen molar-refractivity contribution in [3.05, 3.63) is 29.8 Å².